The summed E-state index contributed by atoms with van der Waals surface area (Å²) in [6.45, 7) is 5.05. The monoisotopic (exact) mass is 520 g/mol. The van der Waals surface area contributed by atoms with Crippen LogP contribution in [0.15, 0.2) is 83.3 Å². The second-order valence-corrected chi connectivity index (χ2v) is 9.55. The van der Waals surface area contributed by atoms with Crippen molar-refractivity contribution in [3.63, 3.8) is 0 Å². The van der Waals surface area contributed by atoms with Gasteiger partial charge in [-0.25, -0.2) is 0 Å². The van der Waals surface area contributed by atoms with E-state index in [9.17, 15) is 9.59 Å². The van der Waals surface area contributed by atoms with Crippen LogP contribution in [0.2, 0.25) is 0 Å². The first-order chi connectivity index (χ1) is 16.5. The predicted molar refractivity (Wildman–Crippen MR) is 141 cm³/mol. The number of carbonyl (C=O) groups excluding carboxylic acids is 2. The number of hydrogen-bond acceptors (Lipinski definition) is 2. The van der Waals surface area contributed by atoms with Gasteiger partial charge in [-0.2, -0.15) is 0 Å². The Morgan fingerprint density at radius 3 is 2.29 bits per heavy atom. The van der Waals surface area contributed by atoms with E-state index in [1.165, 1.54) is 5.56 Å². The molecule has 3 aromatic carbocycles. The highest BCUT2D eigenvalue weighted by Crippen LogP contribution is 2.19. The Labute approximate surface area is 211 Å². The minimum atomic E-state index is -0.585. The average Bonchev–Trinajstić information content (AvgIpc) is 2.85. The van der Waals surface area contributed by atoms with Crippen LogP contribution < -0.4 is 5.32 Å². The Hall–Kier alpha value is -2.92. The molecule has 0 bridgehead atoms. The highest BCUT2D eigenvalue weighted by Gasteiger charge is 2.30. The van der Waals surface area contributed by atoms with Gasteiger partial charge in [-0.1, -0.05) is 95.1 Å². The number of benzene rings is 3. The van der Waals surface area contributed by atoms with Crippen LogP contribution in [0, 0.1) is 6.92 Å². The lowest BCUT2D eigenvalue weighted by Crippen LogP contribution is -2.50. The van der Waals surface area contributed by atoms with E-state index in [0.29, 0.717) is 32.4 Å². The summed E-state index contributed by atoms with van der Waals surface area (Å²) >= 11 is 3.53. The normalized spacial score (nSPS) is 11.6. The number of nitrogens with zero attached hydrogens (tertiary/aromatic N) is 1. The zero-order valence-electron chi connectivity index (χ0n) is 20.0. The van der Waals surface area contributed by atoms with Crippen LogP contribution in [0.4, 0.5) is 0 Å². The second-order valence-electron chi connectivity index (χ2n) is 8.63. The van der Waals surface area contributed by atoms with Gasteiger partial charge in [-0.3, -0.25) is 9.59 Å². The molecule has 5 heteroatoms. The van der Waals surface area contributed by atoms with E-state index < -0.39 is 6.04 Å². The highest BCUT2D eigenvalue weighted by molar-refractivity contribution is 9.10. The third-order valence-corrected chi connectivity index (χ3v) is 6.30. The van der Waals surface area contributed by atoms with E-state index in [-0.39, 0.29) is 11.8 Å². The third kappa shape index (κ3) is 7.84. The maximum Gasteiger partial charge on any atom is 0.243 e. The van der Waals surface area contributed by atoms with Crippen LogP contribution in [0.5, 0.6) is 0 Å². The van der Waals surface area contributed by atoms with Gasteiger partial charge in [0.2, 0.25) is 11.8 Å². The Kier molecular flexibility index (Phi) is 9.89. The van der Waals surface area contributed by atoms with E-state index in [1.807, 2.05) is 61.5 Å². The number of halogens is 1. The Bertz CT molecular complexity index is 1070. The number of carbonyl (C=O) groups is 2. The molecule has 0 saturated heterocycles. The molecule has 178 valence electrons. The van der Waals surface area contributed by atoms with Gasteiger partial charge in [-0.15, -0.1) is 0 Å². The Morgan fingerprint density at radius 2 is 1.62 bits per heavy atom. The van der Waals surface area contributed by atoms with Crippen LogP contribution in [0.1, 0.15) is 42.0 Å². The molecule has 0 fully saturated rings. The molecule has 2 amide bonds. The Balaban J connectivity index is 1.88. The lowest BCUT2D eigenvalue weighted by atomic mass is 10.0. The molecule has 1 unspecified atom stereocenters. The van der Waals surface area contributed by atoms with Crippen molar-refractivity contribution in [1.82, 2.24) is 10.2 Å². The van der Waals surface area contributed by atoms with Gasteiger partial charge < -0.3 is 10.2 Å². The van der Waals surface area contributed by atoms with Gasteiger partial charge in [0.15, 0.2) is 0 Å². The number of nitrogens with one attached hydrogen (secondary N) is 1. The average molecular weight is 521 g/mol. The van der Waals surface area contributed by atoms with Gasteiger partial charge in [0.25, 0.3) is 0 Å². The molecule has 0 spiro atoms. The summed E-state index contributed by atoms with van der Waals surface area (Å²) in [5, 5.41) is 3.02. The fourth-order valence-electron chi connectivity index (χ4n) is 3.90. The van der Waals surface area contributed by atoms with Crippen LogP contribution >= 0.6 is 15.9 Å². The van der Waals surface area contributed by atoms with Crippen molar-refractivity contribution in [3.05, 3.63) is 106 Å². The molecule has 3 aromatic rings. The number of amides is 2. The van der Waals surface area contributed by atoms with Crippen molar-refractivity contribution < 1.29 is 9.59 Å². The molecule has 0 aliphatic heterocycles. The first kappa shape index (κ1) is 25.7. The summed E-state index contributed by atoms with van der Waals surface area (Å²) in [5.41, 5.74) is 4.34. The number of rotatable bonds is 11. The van der Waals surface area contributed by atoms with Gasteiger partial charge in [0.05, 0.1) is 0 Å². The number of aryl methyl sites for hydroxylation is 2. The SMILES string of the molecule is CCCNC(=O)C(Cc1ccccc1)N(Cc1cccc(Br)c1)C(=O)CCc1ccc(C)cc1. The van der Waals surface area contributed by atoms with Crippen LogP contribution in [0.3, 0.4) is 0 Å². The molecule has 1 atom stereocenters. The van der Waals surface area contributed by atoms with Crippen molar-refractivity contribution in [2.75, 3.05) is 6.54 Å². The lowest BCUT2D eigenvalue weighted by molar-refractivity contribution is -0.141. The molecule has 3 rings (SSSR count). The van der Waals surface area contributed by atoms with Gasteiger partial charge in [0.1, 0.15) is 6.04 Å². The van der Waals surface area contributed by atoms with E-state index >= 15 is 0 Å². The second kappa shape index (κ2) is 13.1. The molecule has 0 heterocycles. The van der Waals surface area contributed by atoms with Crippen molar-refractivity contribution >= 4 is 27.7 Å². The van der Waals surface area contributed by atoms with Gasteiger partial charge in [-0.05, 0) is 48.6 Å². The third-order valence-electron chi connectivity index (χ3n) is 5.81. The lowest BCUT2D eigenvalue weighted by Gasteiger charge is -2.31. The molecule has 0 aromatic heterocycles. The summed E-state index contributed by atoms with van der Waals surface area (Å²) in [6.07, 6.45) is 2.31. The molecular weight excluding hydrogens is 488 g/mol. The van der Waals surface area contributed by atoms with Crippen molar-refractivity contribution in [1.29, 1.82) is 0 Å². The largest absolute Gasteiger partial charge is 0.354 e. The highest BCUT2D eigenvalue weighted by atomic mass is 79.9. The van der Waals surface area contributed by atoms with E-state index in [1.54, 1.807) is 4.90 Å². The van der Waals surface area contributed by atoms with Crippen molar-refractivity contribution in [3.8, 4) is 0 Å². The number of hydrogen-bond donors (Lipinski definition) is 1. The van der Waals surface area contributed by atoms with Crippen LogP contribution in [-0.4, -0.2) is 29.3 Å². The van der Waals surface area contributed by atoms with E-state index in [2.05, 4.69) is 52.4 Å². The first-order valence-electron chi connectivity index (χ1n) is 11.9. The Morgan fingerprint density at radius 1 is 0.912 bits per heavy atom. The summed E-state index contributed by atoms with van der Waals surface area (Å²) in [6, 6.07) is 25.5. The quantitative estimate of drug-likeness (QED) is 0.344. The van der Waals surface area contributed by atoms with Gasteiger partial charge >= 0.3 is 0 Å². The fraction of sp³-hybridized carbons (Fsp3) is 0.310. The van der Waals surface area contributed by atoms with Gasteiger partial charge in [0, 0.05) is 30.4 Å². The molecule has 34 heavy (non-hydrogen) atoms. The minimum absolute atomic E-state index is 0.0202. The topological polar surface area (TPSA) is 49.4 Å². The summed E-state index contributed by atoms with van der Waals surface area (Å²) in [5.74, 6) is -0.127. The van der Waals surface area contributed by atoms with Crippen LogP contribution in [-0.2, 0) is 29.0 Å². The van der Waals surface area contributed by atoms with Crippen molar-refractivity contribution in [2.24, 2.45) is 0 Å². The molecule has 0 radical (unpaired) electrons. The van der Waals surface area contributed by atoms with Crippen LogP contribution in [0.25, 0.3) is 0 Å². The summed E-state index contributed by atoms with van der Waals surface area (Å²) < 4.78 is 0.951. The molecule has 0 aliphatic rings. The zero-order valence-corrected chi connectivity index (χ0v) is 21.6. The summed E-state index contributed by atoms with van der Waals surface area (Å²) in [4.78, 5) is 28.7. The smallest absolute Gasteiger partial charge is 0.243 e. The predicted octanol–water partition coefficient (Wildman–Crippen LogP) is 5.86. The fourth-order valence-corrected chi connectivity index (χ4v) is 4.35. The maximum atomic E-state index is 13.6. The molecule has 0 saturated carbocycles. The maximum absolute atomic E-state index is 13.6. The molecule has 4 nitrogen and oxygen atoms in total. The molecule has 1 N–H and O–H groups in total. The van der Waals surface area contributed by atoms with Crippen molar-refractivity contribution in [2.45, 2.75) is 52.1 Å². The van der Waals surface area contributed by atoms with E-state index in [0.717, 1.165) is 27.6 Å². The standard InChI is InChI=1S/C29H33BrN2O2/c1-3-18-31-29(34)27(20-24-8-5-4-6-9-24)32(21-25-10-7-11-26(30)19-25)28(33)17-16-23-14-12-22(2)13-15-23/h4-15,19,27H,3,16-18,20-21H2,1-2H3,(H,31,34). The zero-order chi connectivity index (χ0) is 24.3. The minimum Gasteiger partial charge on any atom is -0.354 e. The first-order valence-corrected chi connectivity index (χ1v) is 12.7. The molecular formula is C29H33BrN2O2. The molecule has 0 aliphatic carbocycles. The summed E-state index contributed by atoms with van der Waals surface area (Å²) in [7, 11) is 0. The van der Waals surface area contributed by atoms with E-state index in [4.69, 9.17) is 0 Å².